The number of fused-ring (bicyclic) bond motifs is 1. The van der Waals surface area contributed by atoms with E-state index in [2.05, 4.69) is 31.6 Å². The summed E-state index contributed by atoms with van der Waals surface area (Å²) >= 11 is 0. The first-order valence-corrected chi connectivity index (χ1v) is 11.0. The highest BCUT2D eigenvalue weighted by molar-refractivity contribution is 6.03. The van der Waals surface area contributed by atoms with Gasteiger partial charge in [0.15, 0.2) is 5.82 Å². The molecule has 0 spiro atoms. The summed E-state index contributed by atoms with van der Waals surface area (Å²) in [6.45, 7) is 2.83. The summed E-state index contributed by atoms with van der Waals surface area (Å²) in [6, 6.07) is 7.90. The topological polar surface area (TPSA) is 88.0 Å². The second kappa shape index (κ2) is 8.37. The van der Waals surface area contributed by atoms with Gasteiger partial charge in [-0.1, -0.05) is 12.8 Å². The van der Waals surface area contributed by atoms with E-state index < -0.39 is 0 Å². The molecule has 1 aliphatic heterocycles. The number of nitrogens with zero attached hydrogens (tertiary/aromatic N) is 5. The van der Waals surface area contributed by atoms with E-state index in [4.69, 9.17) is 4.98 Å². The SMILES string of the molecule is C[C@@H]1CCNc2ccc(-c3cnn(C4CCCC4)c3)nc2N1C(=O)Nc1cccnc1. The normalized spacial score (nSPS) is 18.9. The molecule has 3 aromatic rings. The van der Waals surface area contributed by atoms with Gasteiger partial charge < -0.3 is 10.6 Å². The van der Waals surface area contributed by atoms with Crippen molar-refractivity contribution >= 4 is 23.2 Å². The number of carbonyl (C=O) groups excluding carboxylic acids is 1. The van der Waals surface area contributed by atoms with E-state index in [9.17, 15) is 4.79 Å². The minimum absolute atomic E-state index is 0.00520. The first-order valence-electron chi connectivity index (χ1n) is 11.0. The summed E-state index contributed by atoms with van der Waals surface area (Å²) in [7, 11) is 0. The second-order valence-electron chi connectivity index (χ2n) is 8.32. The maximum atomic E-state index is 13.2. The third-order valence-electron chi connectivity index (χ3n) is 6.15. The van der Waals surface area contributed by atoms with E-state index in [-0.39, 0.29) is 12.1 Å². The van der Waals surface area contributed by atoms with Crippen LogP contribution in [0.3, 0.4) is 0 Å². The lowest BCUT2D eigenvalue weighted by Gasteiger charge is -2.27. The fourth-order valence-electron chi connectivity index (χ4n) is 4.44. The van der Waals surface area contributed by atoms with Crippen LogP contribution in [-0.2, 0) is 0 Å². The van der Waals surface area contributed by atoms with Crippen LogP contribution in [0.5, 0.6) is 0 Å². The van der Waals surface area contributed by atoms with Gasteiger partial charge in [-0.05, 0) is 50.5 Å². The Morgan fingerprint density at radius 3 is 2.84 bits per heavy atom. The van der Waals surface area contributed by atoms with Crippen molar-refractivity contribution < 1.29 is 4.79 Å². The molecule has 1 atom stereocenters. The summed E-state index contributed by atoms with van der Waals surface area (Å²) in [5.41, 5.74) is 3.31. The second-order valence-corrected chi connectivity index (χ2v) is 8.32. The summed E-state index contributed by atoms with van der Waals surface area (Å²) < 4.78 is 2.07. The van der Waals surface area contributed by atoms with Crippen LogP contribution in [0.2, 0.25) is 0 Å². The zero-order valence-corrected chi connectivity index (χ0v) is 17.7. The third-order valence-corrected chi connectivity index (χ3v) is 6.15. The van der Waals surface area contributed by atoms with Crippen LogP contribution in [0, 0.1) is 0 Å². The molecule has 2 N–H and O–H groups in total. The lowest BCUT2D eigenvalue weighted by molar-refractivity contribution is 0.255. The van der Waals surface area contributed by atoms with Crippen LogP contribution >= 0.6 is 0 Å². The molecule has 0 radical (unpaired) electrons. The smallest absolute Gasteiger partial charge is 0.327 e. The molecule has 0 unspecified atom stereocenters. The van der Waals surface area contributed by atoms with E-state index in [0.29, 0.717) is 17.5 Å². The number of pyridine rings is 2. The molecule has 5 rings (SSSR count). The monoisotopic (exact) mass is 417 g/mol. The maximum absolute atomic E-state index is 13.2. The highest BCUT2D eigenvalue weighted by Crippen LogP contribution is 2.34. The van der Waals surface area contributed by atoms with Gasteiger partial charge in [0.1, 0.15) is 0 Å². The summed E-state index contributed by atoms with van der Waals surface area (Å²) in [5, 5.41) is 11.0. The number of aromatic nitrogens is 4. The molecule has 2 aliphatic rings. The third kappa shape index (κ3) is 3.97. The van der Waals surface area contributed by atoms with Gasteiger partial charge in [-0.15, -0.1) is 0 Å². The van der Waals surface area contributed by atoms with Crippen molar-refractivity contribution in [3.63, 3.8) is 0 Å². The fraction of sp³-hybridized carbons (Fsp3) is 0.391. The minimum atomic E-state index is -0.211. The van der Waals surface area contributed by atoms with Crippen molar-refractivity contribution in [1.29, 1.82) is 0 Å². The van der Waals surface area contributed by atoms with Crippen molar-refractivity contribution in [1.82, 2.24) is 19.7 Å². The van der Waals surface area contributed by atoms with Crippen LogP contribution in [0.25, 0.3) is 11.3 Å². The Hall–Kier alpha value is -3.42. The standard InChI is InChI=1S/C23H27N7O/c1-16-10-12-25-21-9-8-20(17-13-26-29(15-17)19-6-2-3-7-19)28-22(21)30(16)23(31)27-18-5-4-11-24-14-18/h4-5,8-9,11,13-16,19,25H,2-3,6-7,10,12H2,1H3,(H,27,31)/t16-/m1/s1. The Morgan fingerprint density at radius 2 is 2.03 bits per heavy atom. The lowest BCUT2D eigenvalue weighted by atomic mass is 10.2. The Bertz CT molecular complexity index is 1060. The number of hydrogen-bond acceptors (Lipinski definition) is 5. The minimum Gasteiger partial charge on any atom is -0.382 e. The largest absolute Gasteiger partial charge is 0.382 e. The van der Waals surface area contributed by atoms with Crippen molar-refractivity contribution in [3.8, 4) is 11.3 Å². The number of urea groups is 1. The predicted octanol–water partition coefficient (Wildman–Crippen LogP) is 4.70. The summed E-state index contributed by atoms with van der Waals surface area (Å²) in [5.74, 6) is 0.637. The van der Waals surface area contributed by atoms with Gasteiger partial charge in [0.05, 0.1) is 35.5 Å². The lowest BCUT2D eigenvalue weighted by Crippen LogP contribution is -2.42. The van der Waals surface area contributed by atoms with E-state index in [1.165, 1.54) is 25.7 Å². The van der Waals surface area contributed by atoms with Crippen molar-refractivity contribution in [2.75, 3.05) is 22.1 Å². The average molecular weight is 418 g/mol. The number of amides is 2. The molecule has 2 amide bonds. The quantitative estimate of drug-likeness (QED) is 0.645. The molecular formula is C23H27N7O. The van der Waals surface area contributed by atoms with Gasteiger partial charge in [0.2, 0.25) is 0 Å². The van der Waals surface area contributed by atoms with Crippen molar-refractivity contribution in [3.05, 3.63) is 49.1 Å². The molecule has 160 valence electrons. The first-order chi connectivity index (χ1) is 15.2. The van der Waals surface area contributed by atoms with Crippen LogP contribution in [0.15, 0.2) is 49.1 Å². The number of anilines is 3. The molecule has 8 nitrogen and oxygen atoms in total. The highest BCUT2D eigenvalue weighted by atomic mass is 16.2. The van der Waals surface area contributed by atoms with E-state index in [1.807, 2.05) is 31.3 Å². The number of carbonyl (C=O) groups is 1. The highest BCUT2D eigenvalue weighted by Gasteiger charge is 2.29. The van der Waals surface area contributed by atoms with Crippen molar-refractivity contribution in [2.24, 2.45) is 0 Å². The van der Waals surface area contributed by atoms with Gasteiger partial charge in [0, 0.05) is 30.5 Å². The van der Waals surface area contributed by atoms with Crippen LogP contribution in [-0.4, -0.2) is 38.4 Å². The van der Waals surface area contributed by atoms with E-state index in [0.717, 1.165) is 29.9 Å². The van der Waals surface area contributed by atoms with E-state index in [1.54, 1.807) is 23.4 Å². The molecule has 1 saturated carbocycles. The zero-order valence-electron chi connectivity index (χ0n) is 17.7. The molecule has 0 aromatic carbocycles. The molecule has 0 saturated heterocycles. The molecule has 4 heterocycles. The van der Waals surface area contributed by atoms with Crippen LogP contribution in [0.4, 0.5) is 22.0 Å². The molecule has 0 bridgehead atoms. The maximum Gasteiger partial charge on any atom is 0.327 e. The molecule has 8 heteroatoms. The summed E-state index contributed by atoms with van der Waals surface area (Å²) in [4.78, 5) is 24.0. The summed E-state index contributed by atoms with van der Waals surface area (Å²) in [6.07, 6.45) is 13.0. The van der Waals surface area contributed by atoms with Gasteiger partial charge in [-0.2, -0.15) is 5.10 Å². The predicted molar refractivity (Wildman–Crippen MR) is 121 cm³/mol. The Labute approximate surface area is 181 Å². The molecule has 3 aromatic heterocycles. The number of rotatable bonds is 3. The molecule has 1 fully saturated rings. The number of nitrogens with one attached hydrogen (secondary N) is 2. The number of hydrogen-bond donors (Lipinski definition) is 2. The average Bonchev–Trinajstić information content (AvgIpc) is 3.45. The van der Waals surface area contributed by atoms with Crippen LogP contribution < -0.4 is 15.5 Å². The zero-order chi connectivity index (χ0) is 21.2. The fourth-order valence-corrected chi connectivity index (χ4v) is 4.44. The van der Waals surface area contributed by atoms with Crippen LogP contribution in [0.1, 0.15) is 45.1 Å². The van der Waals surface area contributed by atoms with Gasteiger partial charge >= 0.3 is 6.03 Å². The first kappa shape index (κ1) is 19.5. The Morgan fingerprint density at radius 1 is 1.16 bits per heavy atom. The Balaban J connectivity index is 1.47. The Kier molecular flexibility index (Phi) is 5.28. The van der Waals surface area contributed by atoms with Crippen molar-refractivity contribution in [2.45, 2.75) is 51.1 Å². The molecule has 31 heavy (non-hydrogen) atoms. The van der Waals surface area contributed by atoms with Gasteiger partial charge in [-0.3, -0.25) is 14.6 Å². The molecular weight excluding hydrogens is 390 g/mol. The van der Waals surface area contributed by atoms with E-state index >= 15 is 0 Å². The van der Waals surface area contributed by atoms with Gasteiger partial charge in [-0.25, -0.2) is 9.78 Å². The van der Waals surface area contributed by atoms with Gasteiger partial charge in [0.25, 0.3) is 0 Å². The molecule has 1 aliphatic carbocycles.